The number of benzene rings is 1. The molecule has 8 nitrogen and oxygen atoms in total. The molecule has 0 radical (unpaired) electrons. The van der Waals surface area contributed by atoms with E-state index in [1.165, 1.54) is 0 Å². The molecule has 0 spiro atoms. The number of phosphoric ester groups is 1. The van der Waals surface area contributed by atoms with Crippen LogP contribution in [0.3, 0.4) is 0 Å². The van der Waals surface area contributed by atoms with Crippen LogP contribution in [-0.4, -0.2) is 25.5 Å². The zero-order chi connectivity index (χ0) is 20.7. The topological polar surface area (TPSA) is 97.4 Å². The summed E-state index contributed by atoms with van der Waals surface area (Å²) in [5.74, 6) is -0.883. The highest BCUT2D eigenvalue weighted by Crippen LogP contribution is 2.49. The summed E-state index contributed by atoms with van der Waals surface area (Å²) >= 11 is 0. The Hall–Kier alpha value is -1.89. The first-order chi connectivity index (χ1) is 12.3. The van der Waals surface area contributed by atoms with Crippen LogP contribution in [0.1, 0.15) is 41.5 Å². The Bertz CT molecular complexity index is 637. The van der Waals surface area contributed by atoms with Crippen LogP contribution in [0.2, 0.25) is 0 Å². The highest BCUT2D eigenvalue weighted by atomic mass is 31.2. The molecule has 1 aromatic carbocycles. The second-order valence-corrected chi connectivity index (χ2v) is 9.30. The summed E-state index contributed by atoms with van der Waals surface area (Å²) in [6.07, 6.45) is 0. The molecular formula is C18H27O8P. The molecule has 0 fully saturated rings. The smallest absolute Gasteiger partial charge is 0.437 e. The third-order valence-electron chi connectivity index (χ3n) is 2.99. The van der Waals surface area contributed by atoms with Crippen LogP contribution in [0.15, 0.2) is 30.3 Å². The first-order valence-corrected chi connectivity index (χ1v) is 9.78. The Kier molecular flexibility index (Phi) is 8.02. The van der Waals surface area contributed by atoms with E-state index in [2.05, 4.69) is 0 Å². The molecule has 0 saturated heterocycles. The zero-order valence-electron chi connectivity index (χ0n) is 16.5. The quantitative estimate of drug-likeness (QED) is 0.361. The van der Waals surface area contributed by atoms with Gasteiger partial charge in [-0.1, -0.05) is 18.2 Å². The van der Waals surface area contributed by atoms with Crippen molar-refractivity contribution in [3.8, 4) is 5.75 Å². The van der Waals surface area contributed by atoms with Crippen LogP contribution in [-0.2, 0) is 32.7 Å². The second-order valence-electron chi connectivity index (χ2n) is 7.71. The van der Waals surface area contributed by atoms with Crippen molar-refractivity contribution in [2.24, 2.45) is 10.8 Å². The molecule has 0 atom stereocenters. The van der Waals surface area contributed by atoms with E-state index in [0.29, 0.717) is 0 Å². The maximum Gasteiger partial charge on any atom is 0.535 e. The van der Waals surface area contributed by atoms with Crippen molar-refractivity contribution in [2.75, 3.05) is 13.6 Å². The SMILES string of the molecule is CC(C)(C)C(=O)OCOP(=O)(OCOC(=O)C(C)(C)C)Oc1ccccc1. The average molecular weight is 402 g/mol. The van der Waals surface area contributed by atoms with E-state index in [1.807, 2.05) is 0 Å². The third-order valence-corrected chi connectivity index (χ3v) is 4.26. The zero-order valence-corrected chi connectivity index (χ0v) is 17.4. The van der Waals surface area contributed by atoms with Gasteiger partial charge < -0.3 is 14.0 Å². The van der Waals surface area contributed by atoms with Gasteiger partial charge in [0.1, 0.15) is 5.75 Å². The molecule has 27 heavy (non-hydrogen) atoms. The number of ether oxygens (including phenoxy) is 2. The van der Waals surface area contributed by atoms with Crippen LogP contribution in [0.25, 0.3) is 0 Å². The van der Waals surface area contributed by atoms with Crippen molar-refractivity contribution in [1.29, 1.82) is 0 Å². The van der Waals surface area contributed by atoms with Gasteiger partial charge in [0.2, 0.25) is 13.6 Å². The van der Waals surface area contributed by atoms with Gasteiger partial charge in [-0.15, -0.1) is 0 Å². The van der Waals surface area contributed by atoms with Crippen LogP contribution < -0.4 is 4.52 Å². The molecule has 152 valence electrons. The van der Waals surface area contributed by atoms with Gasteiger partial charge in [-0.3, -0.25) is 9.59 Å². The van der Waals surface area contributed by atoms with Gasteiger partial charge in [-0.05, 0) is 53.7 Å². The van der Waals surface area contributed by atoms with Crippen molar-refractivity contribution < 1.29 is 37.2 Å². The van der Waals surface area contributed by atoms with E-state index in [-0.39, 0.29) is 5.75 Å². The number of esters is 2. The summed E-state index contributed by atoms with van der Waals surface area (Å²) in [4.78, 5) is 23.6. The molecule has 0 aliphatic heterocycles. The molecule has 0 aromatic heterocycles. The van der Waals surface area contributed by atoms with Gasteiger partial charge in [-0.2, -0.15) is 0 Å². The minimum atomic E-state index is -4.21. The van der Waals surface area contributed by atoms with Crippen LogP contribution in [0.5, 0.6) is 5.75 Å². The Balaban J connectivity index is 2.73. The van der Waals surface area contributed by atoms with E-state index >= 15 is 0 Å². The lowest BCUT2D eigenvalue weighted by Crippen LogP contribution is -2.25. The number of hydrogen-bond acceptors (Lipinski definition) is 8. The van der Waals surface area contributed by atoms with E-state index in [1.54, 1.807) is 71.9 Å². The van der Waals surface area contributed by atoms with Gasteiger partial charge in [0, 0.05) is 0 Å². The number of hydrogen-bond donors (Lipinski definition) is 0. The Morgan fingerprint density at radius 2 is 1.22 bits per heavy atom. The summed E-state index contributed by atoms with van der Waals surface area (Å²) in [6, 6.07) is 8.16. The highest BCUT2D eigenvalue weighted by molar-refractivity contribution is 7.48. The molecule has 0 saturated carbocycles. The molecule has 0 N–H and O–H groups in total. The number of carbonyl (C=O) groups excluding carboxylic acids is 2. The maximum atomic E-state index is 12.8. The summed E-state index contributed by atoms with van der Waals surface area (Å²) in [7, 11) is -4.21. The third kappa shape index (κ3) is 8.56. The van der Waals surface area contributed by atoms with E-state index < -0.39 is 44.2 Å². The van der Waals surface area contributed by atoms with E-state index in [9.17, 15) is 14.2 Å². The number of rotatable bonds is 8. The second kappa shape index (κ2) is 9.35. The number of carbonyl (C=O) groups is 2. The first-order valence-electron chi connectivity index (χ1n) is 8.32. The fraction of sp³-hybridized carbons (Fsp3) is 0.556. The van der Waals surface area contributed by atoms with Crippen molar-refractivity contribution in [3.05, 3.63) is 30.3 Å². The molecule has 0 aliphatic carbocycles. The Labute approximate surface area is 159 Å². The van der Waals surface area contributed by atoms with E-state index in [4.69, 9.17) is 23.0 Å². The summed E-state index contributed by atoms with van der Waals surface area (Å²) in [6.45, 7) is 8.70. The van der Waals surface area contributed by atoms with E-state index in [0.717, 1.165) is 0 Å². The largest absolute Gasteiger partial charge is 0.535 e. The van der Waals surface area contributed by atoms with Crippen molar-refractivity contribution in [1.82, 2.24) is 0 Å². The minimum absolute atomic E-state index is 0.213. The summed E-state index contributed by atoms with van der Waals surface area (Å²) < 4.78 is 38.0. The molecule has 0 amide bonds. The van der Waals surface area contributed by atoms with Gasteiger partial charge in [0.15, 0.2) is 0 Å². The van der Waals surface area contributed by atoms with Crippen LogP contribution in [0.4, 0.5) is 0 Å². The normalized spacial score (nSPS) is 12.4. The fourth-order valence-corrected chi connectivity index (χ4v) is 2.35. The van der Waals surface area contributed by atoms with Crippen LogP contribution >= 0.6 is 7.82 Å². The molecule has 0 unspecified atom stereocenters. The van der Waals surface area contributed by atoms with Gasteiger partial charge in [0.05, 0.1) is 10.8 Å². The lowest BCUT2D eigenvalue weighted by atomic mass is 9.98. The average Bonchev–Trinajstić information content (AvgIpc) is 2.53. The Morgan fingerprint density at radius 1 is 0.815 bits per heavy atom. The predicted octanol–water partition coefficient (Wildman–Crippen LogP) is 4.30. The highest BCUT2D eigenvalue weighted by Gasteiger charge is 2.32. The van der Waals surface area contributed by atoms with Crippen molar-refractivity contribution in [2.45, 2.75) is 41.5 Å². The number of para-hydroxylation sites is 1. The molecule has 1 rings (SSSR count). The maximum absolute atomic E-state index is 12.8. The van der Waals surface area contributed by atoms with Crippen molar-refractivity contribution >= 4 is 19.8 Å². The fourth-order valence-electron chi connectivity index (χ4n) is 1.42. The van der Waals surface area contributed by atoms with Crippen molar-refractivity contribution in [3.63, 3.8) is 0 Å². The molecule has 0 heterocycles. The minimum Gasteiger partial charge on any atom is -0.437 e. The first kappa shape index (κ1) is 23.1. The van der Waals surface area contributed by atoms with Gasteiger partial charge in [0.25, 0.3) is 0 Å². The van der Waals surface area contributed by atoms with Gasteiger partial charge in [-0.25, -0.2) is 13.6 Å². The monoisotopic (exact) mass is 402 g/mol. The molecule has 1 aromatic rings. The lowest BCUT2D eigenvalue weighted by Gasteiger charge is -2.21. The Morgan fingerprint density at radius 3 is 1.59 bits per heavy atom. The predicted molar refractivity (Wildman–Crippen MR) is 97.7 cm³/mol. The lowest BCUT2D eigenvalue weighted by molar-refractivity contribution is -0.162. The number of phosphoric acid groups is 1. The molecule has 9 heteroatoms. The molecule has 0 aliphatic rings. The van der Waals surface area contributed by atoms with Gasteiger partial charge >= 0.3 is 19.8 Å². The van der Waals surface area contributed by atoms with Crippen LogP contribution in [0, 0.1) is 10.8 Å². The molecular weight excluding hydrogens is 375 g/mol. The summed E-state index contributed by atoms with van der Waals surface area (Å²) in [5.41, 5.74) is -1.51. The summed E-state index contributed by atoms with van der Waals surface area (Å²) in [5, 5.41) is 0. The standard InChI is InChI=1S/C18H27O8P/c1-17(2,3)15(19)22-12-24-27(21,26-14-10-8-7-9-11-14)25-13-23-16(20)18(4,5)6/h7-11H,12-13H2,1-6H3. The molecule has 0 bridgehead atoms.